The Labute approximate surface area is 121 Å². The molecule has 2 N–H and O–H groups in total. The lowest BCUT2D eigenvalue weighted by Gasteiger charge is -2.12. The van der Waals surface area contributed by atoms with E-state index in [4.69, 9.17) is 9.84 Å². The van der Waals surface area contributed by atoms with Crippen molar-refractivity contribution >= 4 is 33.5 Å². The Balaban J connectivity index is 2.06. The van der Waals surface area contributed by atoms with Gasteiger partial charge in [-0.15, -0.1) is 0 Å². The van der Waals surface area contributed by atoms with E-state index in [1.807, 2.05) is 0 Å². The normalized spacial score (nSPS) is 21.8. The highest BCUT2D eigenvalue weighted by Gasteiger charge is 2.35. The van der Waals surface area contributed by atoms with Crippen LogP contribution in [0.4, 0.5) is 14.5 Å². The number of halogens is 3. The van der Waals surface area contributed by atoms with E-state index in [1.54, 1.807) is 0 Å². The van der Waals surface area contributed by atoms with Gasteiger partial charge < -0.3 is 15.2 Å². The molecule has 2 rings (SSSR count). The van der Waals surface area contributed by atoms with Crippen molar-refractivity contribution in [3.63, 3.8) is 0 Å². The van der Waals surface area contributed by atoms with Crippen LogP contribution < -0.4 is 5.32 Å². The lowest BCUT2D eigenvalue weighted by atomic mass is 10.2. The van der Waals surface area contributed by atoms with Crippen LogP contribution in [0.2, 0.25) is 0 Å². The molecule has 5 nitrogen and oxygen atoms in total. The van der Waals surface area contributed by atoms with Gasteiger partial charge in [-0.05, 0) is 34.8 Å². The summed E-state index contributed by atoms with van der Waals surface area (Å²) in [6.45, 7) is 0. The first-order valence-corrected chi connectivity index (χ1v) is 6.51. The molecule has 108 valence electrons. The Hall–Kier alpha value is -1.54. The predicted molar refractivity (Wildman–Crippen MR) is 68.2 cm³/mol. The standard InChI is InChI=1S/C12H10BrF2NO4/c13-5-3-7(15)8(4-6(5)14)16-11(17)9-1-2-10(20-9)12(18)19/h3-4,9-10H,1-2H2,(H,16,17)(H,18,19). The zero-order valence-corrected chi connectivity index (χ0v) is 11.6. The molecule has 1 aliphatic rings. The second-order valence-corrected chi connectivity index (χ2v) is 5.12. The summed E-state index contributed by atoms with van der Waals surface area (Å²) in [7, 11) is 0. The maximum atomic E-state index is 13.5. The van der Waals surface area contributed by atoms with E-state index in [1.165, 1.54) is 0 Å². The molecular weight excluding hydrogens is 340 g/mol. The van der Waals surface area contributed by atoms with Crippen LogP contribution in [0.25, 0.3) is 0 Å². The zero-order valence-electron chi connectivity index (χ0n) is 10.0. The third-order valence-corrected chi connectivity index (χ3v) is 3.46. The highest BCUT2D eigenvalue weighted by Crippen LogP contribution is 2.25. The van der Waals surface area contributed by atoms with Gasteiger partial charge in [0.2, 0.25) is 0 Å². The van der Waals surface area contributed by atoms with E-state index < -0.39 is 35.7 Å². The van der Waals surface area contributed by atoms with E-state index in [9.17, 15) is 18.4 Å². The summed E-state index contributed by atoms with van der Waals surface area (Å²) in [6.07, 6.45) is -1.62. The maximum absolute atomic E-state index is 13.5. The van der Waals surface area contributed by atoms with E-state index >= 15 is 0 Å². The van der Waals surface area contributed by atoms with Crippen molar-refractivity contribution in [2.75, 3.05) is 5.32 Å². The van der Waals surface area contributed by atoms with Crippen molar-refractivity contribution in [2.24, 2.45) is 0 Å². The number of amides is 1. The summed E-state index contributed by atoms with van der Waals surface area (Å²) in [4.78, 5) is 22.5. The number of hydrogen-bond donors (Lipinski definition) is 2. The average molecular weight is 350 g/mol. The molecule has 20 heavy (non-hydrogen) atoms. The number of hydrogen-bond acceptors (Lipinski definition) is 3. The van der Waals surface area contributed by atoms with Crippen LogP contribution in [0.1, 0.15) is 12.8 Å². The third kappa shape index (κ3) is 3.13. The molecule has 1 aliphatic heterocycles. The summed E-state index contributed by atoms with van der Waals surface area (Å²) in [5, 5.41) is 10.9. The molecule has 0 bridgehead atoms. The first-order chi connectivity index (χ1) is 9.38. The molecule has 0 saturated carbocycles. The molecule has 1 aromatic rings. The molecule has 2 unspecified atom stereocenters. The van der Waals surface area contributed by atoms with Crippen molar-refractivity contribution in [1.29, 1.82) is 0 Å². The lowest BCUT2D eigenvalue weighted by Crippen LogP contribution is -2.30. The lowest BCUT2D eigenvalue weighted by molar-refractivity contribution is -0.150. The summed E-state index contributed by atoms with van der Waals surface area (Å²) >= 11 is 2.82. The molecule has 1 heterocycles. The third-order valence-electron chi connectivity index (χ3n) is 2.86. The molecule has 1 amide bonds. The van der Waals surface area contributed by atoms with Gasteiger partial charge in [0.25, 0.3) is 5.91 Å². The Bertz CT molecular complexity index is 567. The van der Waals surface area contributed by atoms with Gasteiger partial charge in [-0.2, -0.15) is 0 Å². The topological polar surface area (TPSA) is 75.6 Å². The van der Waals surface area contributed by atoms with Gasteiger partial charge >= 0.3 is 5.97 Å². The highest BCUT2D eigenvalue weighted by atomic mass is 79.9. The number of carbonyl (C=O) groups is 2. The summed E-state index contributed by atoms with van der Waals surface area (Å²) < 4.78 is 31.8. The fraction of sp³-hybridized carbons (Fsp3) is 0.333. The molecule has 1 fully saturated rings. The van der Waals surface area contributed by atoms with Crippen LogP contribution in [0, 0.1) is 11.6 Å². The van der Waals surface area contributed by atoms with Gasteiger partial charge in [-0.3, -0.25) is 4.79 Å². The van der Waals surface area contributed by atoms with Crippen LogP contribution in [-0.2, 0) is 14.3 Å². The Morgan fingerprint density at radius 2 is 1.90 bits per heavy atom. The fourth-order valence-corrected chi connectivity index (χ4v) is 2.16. The Morgan fingerprint density at radius 3 is 2.50 bits per heavy atom. The number of ether oxygens (including phenoxy) is 1. The van der Waals surface area contributed by atoms with Gasteiger partial charge in [-0.1, -0.05) is 0 Å². The fourth-order valence-electron chi connectivity index (χ4n) is 1.84. The first kappa shape index (κ1) is 14.9. The Kier molecular flexibility index (Phi) is 4.34. The van der Waals surface area contributed by atoms with Gasteiger partial charge in [0.05, 0.1) is 10.2 Å². The van der Waals surface area contributed by atoms with Gasteiger partial charge in [0, 0.05) is 6.07 Å². The van der Waals surface area contributed by atoms with Crippen molar-refractivity contribution in [2.45, 2.75) is 25.0 Å². The number of nitrogens with one attached hydrogen (secondary N) is 1. The molecule has 8 heteroatoms. The van der Waals surface area contributed by atoms with Crippen LogP contribution in [0.5, 0.6) is 0 Å². The smallest absolute Gasteiger partial charge is 0.332 e. The summed E-state index contributed by atoms with van der Waals surface area (Å²) in [6, 6.07) is 1.72. The van der Waals surface area contributed by atoms with Crippen molar-refractivity contribution < 1.29 is 28.2 Å². The molecule has 0 spiro atoms. The van der Waals surface area contributed by atoms with E-state index in [-0.39, 0.29) is 23.0 Å². The monoisotopic (exact) mass is 349 g/mol. The minimum Gasteiger partial charge on any atom is -0.479 e. The molecule has 0 radical (unpaired) electrons. The molecule has 2 atom stereocenters. The summed E-state index contributed by atoms with van der Waals surface area (Å²) in [5.41, 5.74) is -0.321. The van der Waals surface area contributed by atoms with Crippen molar-refractivity contribution in [3.05, 3.63) is 28.2 Å². The molecular formula is C12H10BrF2NO4. The SMILES string of the molecule is O=C(O)C1CCC(C(=O)Nc2cc(F)c(Br)cc2F)O1. The molecule has 1 saturated heterocycles. The van der Waals surface area contributed by atoms with Crippen LogP contribution in [0.3, 0.4) is 0 Å². The Morgan fingerprint density at radius 1 is 1.25 bits per heavy atom. The number of carboxylic acid groups (broad SMARTS) is 1. The second kappa shape index (κ2) is 5.84. The van der Waals surface area contributed by atoms with Crippen molar-refractivity contribution in [3.8, 4) is 0 Å². The van der Waals surface area contributed by atoms with Crippen LogP contribution in [0.15, 0.2) is 16.6 Å². The minimum atomic E-state index is -1.15. The van der Waals surface area contributed by atoms with Crippen LogP contribution >= 0.6 is 15.9 Å². The number of anilines is 1. The summed E-state index contributed by atoms with van der Waals surface area (Å²) in [5.74, 6) is -3.38. The van der Waals surface area contributed by atoms with E-state index in [0.717, 1.165) is 12.1 Å². The number of carboxylic acids is 1. The van der Waals surface area contributed by atoms with Gasteiger partial charge in [-0.25, -0.2) is 13.6 Å². The zero-order chi connectivity index (χ0) is 14.9. The van der Waals surface area contributed by atoms with Gasteiger partial charge in [0.15, 0.2) is 6.10 Å². The largest absolute Gasteiger partial charge is 0.479 e. The molecule has 0 aromatic heterocycles. The quantitative estimate of drug-likeness (QED) is 0.821. The molecule has 0 aliphatic carbocycles. The molecule has 1 aromatic carbocycles. The highest BCUT2D eigenvalue weighted by molar-refractivity contribution is 9.10. The van der Waals surface area contributed by atoms with E-state index in [2.05, 4.69) is 21.2 Å². The van der Waals surface area contributed by atoms with Gasteiger partial charge in [0.1, 0.15) is 17.7 Å². The predicted octanol–water partition coefficient (Wildman–Crippen LogP) is 2.30. The number of aliphatic carboxylic acids is 1. The number of carbonyl (C=O) groups excluding carboxylic acids is 1. The van der Waals surface area contributed by atoms with Crippen molar-refractivity contribution in [1.82, 2.24) is 0 Å². The average Bonchev–Trinajstić information content (AvgIpc) is 2.85. The number of benzene rings is 1. The van der Waals surface area contributed by atoms with Crippen LogP contribution in [-0.4, -0.2) is 29.2 Å². The second-order valence-electron chi connectivity index (χ2n) is 4.26. The minimum absolute atomic E-state index is 0.0592. The first-order valence-electron chi connectivity index (χ1n) is 5.72. The maximum Gasteiger partial charge on any atom is 0.332 e. The van der Waals surface area contributed by atoms with E-state index in [0.29, 0.717) is 0 Å². The number of rotatable bonds is 3.